The van der Waals surface area contributed by atoms with Crippen LogP contribution in [-0.2, 0) is 19.2 Å². The average Bonchev–Trinajstić information content (AvgIpc) is 2.90. The van der Waals surface area contributed by atoms with Crippen LogP contribution in [0.1, 0.15) is 11.9 Å². The summed E-state index contributed by atoms with van der Waals surface area (Å²) in [6.45, 7) is 2.94. The van der Waals surface area contributed by atoms with Crippen LogP contribution >= 0.6 is 0 Å². The fourth-order valence-corrected chi connectivity index (χ4v) is 2.40. The van der Waals surface area contributed by atoms with Gasteiger partial charge in [0.25, 0.3) is 0 Å². The minimum atomic E-state index is -4.19. The first-order chi connectivity index (χ1) is 10.1. The van der Waals surface area contributed by atoms with Crippen LogP contribution < -0.4 is 16.6 Å². The molecule has 1 fully saturated rings. The van der Waals surface area contributed by atoms with Crippen molar-refractivity contribution in [3.8, 4) is 0 Å². The second-order valence-corrected chi connectivity index (χ2v) is 5.96. The number of nitrogen functional groups attached to an aromatic ring is 1. The monoisotopic (exact) mass is 335 g/mol. The van der Waals surface area contributed by atoms with Crippen molar-refractivity contribution in [2.75, 3.05) is 12.3 Å². The summed E-state index contributed by atoms with van der Waals surface area (Å²) in [5.41, 5.74) is 11.7. The molecular formula is C10H17N5O6S. The van der Waals surface area contributed by atoms with Gasteiger partial charge in [0.2, 0.25) is 0 Å². The Morgan fingerprint density at radius 3 is 2.64 bits per heavy atom. The first-order valence-corrected chi connectivity index (χ1v) is 7.54. The molecule has 0 aromatic carbocycles. The van der Waals surface area contributed by atoms with Crippen molar-refractivity contribution in [3.63, 3.8) is 0 Å². The van der Waals surface area contributed by atoms with Crippen LogP contribution in [0.5, 0.6) is 0 Å². The number of aliphatic hydroxyl groups is 2. The maximum absolute atomic E-state index is 10.8. The van der Waals surface area contributed by atoms with Crippen LogP contribution in [0, 0.1) is 0 Å². The molecule has 0 amide bonds. The summed E-state index contributed by atoms with van der Waals surface area (Å²) in [7, 11) is -4.19. The summed E-state index contributed by atoms with van der Waals surface area (Å²) in [6.07, 6.45) is -3.75. The van der Waals surface area contributed by atoms with Crippen LogP contribution in [0.15, 0.2) is 12.9 Å². The molecule has 1 saturated heterocycles. The van der Waals surface area contributed by atoms with Crippen molar-refractivity contribution in [1.29, 1.82) is 0 Å². The molecule has 4 atom stereocenters. The third kappa shape index (κ3) is 3.21. The fourth-order valence-electron chi connectivity index (χ4n) is 2.08. The van der Waals surface area contributed by atoms with Crippen LogP contribution in [-0.4, -0.2) is 53.1 Å². The average molecular weight is 335 g/mol. The zero-order valence-corrected chi connectivity index (χ0v) is 12.2. The molecule has 2 rings (SSSR count). The summed E-state index contributed by atoms with van der Waals surface area (Å²) in [5.74, 6) is 0.0803. The van der Waals surface area contributed by atoms with E-state index in [1.807, 2.05) is 0 Å². The predicted molar refractivity (Wildman–Crippen MR) is 74.8 cm³/mol. The summed E-state index contributed by atoms with van der Waals surface area (Å²) in [4.78, 5) is 3.92. The zero-order chi connectivity index (χ0) is 16.7. The van der Waals surface area contributed by atoms with E-state index in [-0.39, 0.29) is 17.2 Å². The number of ether oxygens (including phenoxy) is 1. The van der Waals surface area contributed by atoms with Gasteiger partial charge in [0.15, 0.2) is 6.23 Å². The van der Waals surface area contributed by atoms with Gasteiger partial charge in [-0.2, -0.15) is 8.42 Å². The number of aliphatic hydroxyl groups excluding tert-OH is 2. The van der Waals surface area contributed by atoms with E-state index >= 15 is 0 Å². The van der Waals surface area contributed by atoms with Gasteiger partial charge < -0.3 is 26.4 Å². The topological polar surface area (TPSA) is 189 Å². The molecule has 0 spiro atoms. The highest BCUT2D eigenvalue weighted by Crippen LogP contribution is 2.32. The van der Waals surface area contributed by atoms with Gasteiger partial charge in [-0.3, -0.25) is 8.75 Å². The molecule has 12 heteroatoms. The highest BCUT2D eigenvalue weighted by molar-refractivity contribution is 7.84. The Hall–Kier alpha value is -1.70. The van der Waals surface area contributed by atoms with Crippen LogP contribution in [0.4, 0.5) is 5.82 Å². The van der Waals surface area contributed by atoms with Gasteiger partial charge in [-0.25, -0.2) is 10.1 Å². The van der Waals surface area contributed by atoms with E-state index in [1.54, 1.807) is 0 Å². The third-order valence-electron chi connectivity index (χ3n) is 3.14. The lowest BCUT2D eigenvalue weighted by Gasteiger charge is -2.17. The molecule has 11 nitrogen and oxygen atoms in total. The number of nitrogens with two attached hydrogens (primary N) is 3. The molecule has 22 heavy (non-hydrogen) atoms. The largest absolute Gasteiger partial charge is 0.397 e. The van der Waals surface area contributed by atoms with Gasteiger partial charge in [-0.15, -0.1) is 0 Å². The molecule has 8 N–H and O–H groups in total. The number of anilines is 1. The van der Waals surface area contributed by atoms with Gasteiger partial charge in [0, 0.05) is 0 Å². The first kappa shape index (κ1) is 16.7. The van der Waals surface area contributed by atoms with Crippen molar-refractivity contribution in [2.24, 2.45) is 10.9 Å². The van der Waals surface area contributed by atoms with Crippen molar-refractivity contribution >= 4 is 21.8 Å². The van der Waals surface area contributed by atoms with E-state index in [2.05, 4.69) is 15.7 Å². The third-order valence-corrected chi connectivity index (χ3v) is 3.61. The number of hydrogen-bond donors (Lipinski definition) is 5. The minimum absolute atomic E-state index is 0.0803. The molecule has 0 aliphatic carbocycles. The van der Waals surface area contributed by atoms with Gasteiger partial charge in [0.05, 0.1) is 18.6 Å². The molecule has 1 aliphatic rings. The smallest absolute Gasteiger partial charge is 0.333 e. The molecule has 2 heterocycles. The molecule has 124 valence electrons. The van der Waals surface area contributed by atoms with Gasteiger partial charge >= 0.3 is 10.3 Å². The van der Waals surface area contributed by atoms with Gasteiger partial charge in [0.1, 0.15) is 29.8 Å². The normalized spacial score (nSPS) is 28.9. The fraction of sp³-hybridized carbons (Fsp3) is 0.500. The van der Waals surface area contributed by atoms with E-state index in [0.29, 0.717) is 0 Å². The Kier molecular flexibility index (Phi) is 4.42. The van der Waals surface area contributed by atoms with Crippen molar-refractivity contribution < 1.29 is 27.6 Å². The Labute approximate surface area is 126 Å². The van der Waals surface area contributed by atoms with E-state index in [0.717, 1.165) is 0 Å². The number of nitrogens with zero attached hydrogens (tertiary/aromatic N) is 2. The van der Waals surface area contributed by atoms with Crippen molar-refractivity contribution in [3.05, 3.63) is 18.6 Å². The van der Waals surface area contributed by atoms with Crippen LogP contribution in [0.25, 0.3) is 5.70 Å². The number of aromatic nitrogens is 2. The van der Waals surface area contributed by atoms with Gasteiger partial charge in [-0.1, -0.05) is 6.58 Å². The molecule has 0 unspecified atom stereocenters. The van der Waals surface area contributed by atoms with Crippen LogP contribution in [0.2, 0.25) is 0 Å². The van der Waals surface area contributed by atoms with E-state index in [1.165, 1.54) is 10.9 Å². The van der Waals surface area contributed by atoms with E-state index in [9.17, 15) is 18.6 Å². The van der Waals surface area contributed by atoms with E-state index < -0.39 is 41.5 Å². The lowest BCUT2D eigenvalue weighted by Crippen LogP contribution is -2.35. The Bertz CT molecular complexity index is 673. The quantitative estimate of drug-likeness (QED) is 0.379. The van der Waals surface area contributed by atoms with Crippen molar-refractivity contribution in [1.82, 2.24) is 9.55 Å². The summed E-state index contributed by atoms with van der Waals surface area (Å²) in [5, 5.41) is 24.6. The molecule has 0 saturated carbocycles. The maximum Gasteiger partial charge on any atom is 0.333 e. The number of hydrogen-bond acceptors (Lipinski definition) is 9. The lowest BCUT2D eigenvalue weighted by molar-refractivity contribution is -0.0474. The first-order valence-electron chi connectivity index (χ1n) is 6.07. The molecule has 0 radical (unpaired) electrons. The number of imidazole rings is 1. The molecular weight excluding hydrogens is 318 g/mol. The molecule has 1 aliphatic heterocycles. The minimum Gasteiger partial charge on any atom is -0.397 e. The lowest BCUT2D eigenvalue weighted by atomic mass is 10.1. The number of rotatable bonds is 5. The second kappa shape index (κ2) is 5.83. The molecule has 1 aromatic heterocycles. The summed E-state index contributed by atoms with van der Waals surface area (Å²) >= 11 is 0. The Morgan fingerprint density at radius 2 is 2.14 bits per heavy atom. The predicted octanol–water partition coefficient (Wildman–Crippen LogP) is -2.77. The zero-order valence-electron chi connectivity index (χ0n) is 11.4. The molecule has 0 bridgehead atoms. The standard InChI is InChI=1S/C10H17N5O6S/c1-4(11)6-9(12)15(3-14-6)10-8(17)7(16)5(21-10)2-20-22(13,18)19/h3,5,7-8,10,16-17H,1-2,11-12H2,(H2,13,18,19)/t5-,7-,8-,10-/m1/s1. The highest BCUT2D eigenvalue weighted by atomic mass is 32.2. The Morgan fingerprint density at radius 1 is 1.50 bits per heavy atom. The highest BCUT2D eigenvalue weighted by Gasteiger charge is 2.45. The SMILES string of the molecule is C=C(N)c1ncn([C@@H]2O[C@H](COS(N)(=O)=O)[C@@H](O)[C@H]2O)c1N. The summed E-state index contributed by atoms with van der Waals surface area (Å²) in [6, 6.07) is 0. The van der Waals surface area contributed by atoms with Gasteiger partial charge in [-0.05, 0) is 0 Å². The summed E-state index contributed by atoms with van der Waals surface area (Å²) < 4.78 is 32.5. The second-order valence-electron chi connectivity index (χ2n) is 4.73. The molecule has 1 aromatic rings. The Balaban J connectivity index is 2.18. The van der Waals surface area contributed by atoms with E-state index in [4.69, 9.17) is 21.3 Å². The van der Waals surface area contributed by atoms with Crippen molar-refractivity contribution in [2.45, 2.75) is 24.5 Å². The van der Waals surface area contributed by atoms with Crippen LogP contribution in [0.3, 0.4) is 0 Å². The maximum atomic E-state index is 10.8.